The highest BCUT2D eigenvalue weighted by atomic mass is 16.2. The van der Waals surface area contributed by atoms with Gasteiger partial charge in [-0.25, -0.2) is 0 Å². The van der Waals surface area contributed by atoms with Crippen molar-refractivity contribution in [1.82, 2.24) is 5.32 Å². The molecule has 1 fully saturated rings. The summed E-state index contributed by atoms with van der Waals surface area (Å²) in [7, 11) is 0. The topological polar surface area (TPSA) is 32.3 Å². The monoisotopic (exact) mass is 266 g/mol. The average molecular weight is 266 g/mol. The lowest BCUT2D eigenvalue weighted by molar-refractivity contribution is -0.119. The maximum Gasteiger partial charge on any atom is 0.248 e. The van der Waals surface area contributed by atoms with Crippen molar-refractivity contribution in [3.05, 3.63) is 60.7 Å². The predicted molar refractivity (Wildman–Crippen MR) is 81.1 cm³/mol. The van der Waals surface area contributed by atoms with E-state index in [9.17, 15) is 4.79 Å². The Labute approximate surface area is 119 Å². The van der Waals surface area contributed by atoms with Gasteiger partial charge >= 0.3 is 0 Å². The van der Waals surface area contributed by atoms with Gasteiger partial charge in [0.1, 0.15) is 0 Å². The maximum atomic E-state index is 12.8. The number of carbonyl (C=O) groups is 1. The van der Waals surface area contributed by atoms with Gasteiger partial charge in [0.25, 0.3) is 0 Å². The normalized spacial score (nSPS) is 17.9. The van der Waals surface area contributed by atoms with Crippen molar-refractivity contribution in [2.75, 3.05) is 11.4 Å². The number of benzene rings is 2. The van der Waals surface area contributed by atoms with Gasteiger partial charge in [0.05, 0.1) is 6.04 Å². The van der Waals surface area contributed by atoms with Gasteiger partial charge in [-0.2, -0.15) is 0 Å². The lowest BCUT2D eigenvalue weighted by Gasteiger charge is -2.26. The van der Waals surface area contributed by atoms with Gasteiger partial charge in [0.2, 0.25) is 5.91 Å². The molecule has 1 saturated heterocycles. The van der Waals surface area contributed by atoms with Crippen LogP contribution in [-0.2, 0) is 4.79 Å². The summed E-state index contributed by atoms with van der Waals surface area (Å²) in [5, 5.41) is 3.29. The van der Waals surface area contributed by atoms with Crippen LogP contribution in [0.3, 0.4) is 0 Å². The van der Waals surface area contributed by atoms with E-state index in [1.165, 1.54) is 0 Å². The maximum absolute atomic E-state index is 12.8. The summed E-state index contributed by atoms with van der Waals surface area (Å²) < 4.78 is 0. The predicted octanol–water partition coefficient (Wildman–Crippen LogP) is 3.10. The zero-order valence-electron chi connectivity index (χ0n) is 11.3. The van der Waals surface area contributed by atoms with Crippen molar-refractivity contribution in [2.24, 2.45) is 0 Å². The fourth-order valence-corrected chi connectivity index (χ4v) is 2.61. The smallest absolute Gasteiger partial charge is 0.248 e. The zero-order valence-corrected chi connectivity index (χ0v) is 11.3. The van der Waals surface area contributed by atoms with E-state index < -0.39 is 0 Å². The molecule has 20 heavy (non-hydrogen) atoms. The van der Waals surface area contributed by atoms with Crippen molar-refractivity contribution in [3.8, 4) is 0 Å². The summed E-state index contributed by atoms with van der Waals surface area (Å²) in [5.74, 6) is 0.125. The second kappa shape index (κ2) is 5.88. The fraction of sp³-hybridized carbons (Fsp3) is 0.235. The number of amides is 1. The van der Waals surface area contributed by atoms with Crippen LogP contribution >= 0.6 is 0 Å². The van der Waals surface area contributed by atoms with E-state index in [0.29, 0.717) is 0 Å². The molecule has 1 heterocycles. The Morgan fingerprint density at radius 3 is 1.95 bits per heavy atom. The summed E-state index contributed by atoms with van der Waals surface area (Å²) >= 11 is 0. The first-order chi connectivity index (χ1) is 9.86. The Morgan fingerprint density at radius 1 is 0.950 bits per heavy atom. The van der Waals surface area contributed by atoms with Crippen molar-refractivity contribution in [3.63, 3.8) is 0 Å². The third kappa shape index (κ3) is 2.58. The molecule has 0 bridgehead atoms. The molecule has 2 aromatic rings. The van der Waals surface area contributed by atoms with Crippen LogP contribution in [0.4, 0.5) is 11.4 Å². The number of hydrogen-bond acceptors (Lipinski definition) is 2. The molecule has 1 aliphatic rings. The molecule has 0 radical (unpaired) electrons. The molecule has 3 heteroatoms. The summed E-state index contributed by atoms with van der Waals surface area (Å²) in [5.41, 5.74) is 1.83. The molecule has 2 aromatic carbocycles. The third-order valence-electron chi connectivity index (χ3n) is 3.61. The van der Waals surface area contributed by atoms with Gasteiger partial charge < -0.3 is 5.32 Å². The number of rotatable bonds is 3. The molecule has 0 saturated carbocycles. The Kier molecular flexibility index (Phi) is 3.79. The Balaban J connectivity index is 1.97. The second-order valence-electron chi connectivity index (χ2n) is 4.99. The average Bonchev–Trinajstić information content (AvgIpc) is 3.04. The molecule has 1 aliphatic heterocycles. The van der Waals surface area contributed by atoms with Crippen LogP contribution in [0.2, 0.25) is 0 Å². The van der Waals surface area contributed by atoms with E-state index in [1.54, 1.807) is 0 Å². The summed E-state index contributed by atoms with van der Waals surface area (Å²) in [6.45, 7) is 0.924. The van der Waals surface area contributed by atoms with Gasteiger partial charge in [-0.15, -0.1) is 0 Å². The SMILES string of the molecule is O=C([C@@H]1CCCN1)N(c1ccccc1)c1ccccc1. The summed E-state index contributed by atoms with van der Waals surface area (Å²) in [4.78, 5) is 14.6. The fourth-order valence-electron chi connectivity index (χ4n) is 2.61. The van der Waals surface area contributed by atoms with Crippen molar-refractivity contribution >= 4 is 17.3 Å². The van der Waals surface area contributed by atoms with Crippen LogP contribution in [0.25, 0.3) is 0 Å². The second-order valence-corrected chi connectivity index (χ2v) is 4.99. The van der Waals surface area contributed by atoms with Crippen molar-refractivity contribution < 1.29 is 4.79 Å². The van der Waals surface area contributed by atoms with Gasteiger partial charge in [-0.05, 0) is 43.7 Å². The quantitative estimate of drug-likeness (QED) is 0.925. The van der Waals surface area contributed by atoms with E-state index in [4.69, 9.17) is 0 Å². The Bertz CT molecular complexity index is 523. The van der Waals surface area contributed by atoms with Gasteiger partial charge in [0, 0.05) is 11.4 Å². The number of nitrogens with zero attached hydrogens (tertiary/aromatic N) is 1. The number of nitrogens with one attached hydrogen (secondary N) is 1. The highest BCUT2D eigenvalue weighted by Gasteiger charge is 2.28. The summed E-state index contributed by atoms with van der Waals surface area (Å²) in [6.07, 6.45) is 1.98. The van der Waals surface area contributed by atoms with E-state index in [0.717, 1.165) is 30.8 Å². The molecule has 0 unspecified atom stereocenters. The van der Waals surface area contributed by atoms with Crippen LogP contribution in [-0.4, -0.2) is 18.5 Å². The van der Waals surface area contributed by atoms with Crippen LogP contribution < -0.4 is 10.2 Å². The van der Waals surface area contributed by atoms with Gasteiger partial charge in [-0.1, -0.05) is 36.4 Å². The first kappa shape index (κ1) is 12.9. The first-order valence-corrected chi connectivity index (χ1v) is 7.04. The van der Waals surface area contributed by atoms with Crippen LogP contribution in [0, 0.1) is 0 Å². The van der Waals surface area contributed by atoms with Gasteiger partial charge in [0.15, 0.2) is 0 Å². The van der Waals surface area contributed by atoms with Crippen molar-refractivity contribution in [1.29, 1.82) is 0 Å². The minimum atomic E-state index is -0.0737. The minimum Gasteiger partial charge on any atom is -0.306 e. The van der Waals surface area contributed by atoms with E-state index >= 15 is 0 Å². The summed E-state index contributed by atoms with van der Waals surface area (Å²) in [6, 6.07) is 19.6. The number of hydrogen-bond donors (Lipinski definition) is 1. The van der Waals surface area contributed by atoms with E-state index in [1.807, 2.05) is 65.6 Å². The standard InChI is InChI=1S/C17H18N2O/c20-17(16-12-7-13-18-16)19(14-8-3-1-4-9-14)15-10-5-2-6-11-15/h1-6,8-11,16,18H,7,12-13H2/t16-/m0/s1. The molecule has 3 rings (SSSR count). The molecule has 102 valence electrons. The lowest BCUT2D eigenvalue weighted by Crippen LogP contribution is -2.41. The minimum absolute atomic E-state index is 0.0737. The van der Waals surface area contributed by atoms with Crippen LogP contribution in [0.5, 0.6) is 0 Å². The molecular weight excluding hydrogens is 248 g/mol. The molecule has 0 spiro atoms. The largest absolute Gasteiger partial charge is 0.306 e. The molecule has 3 nitrogen and oxygen atoms in total. The molecule has 0 aliphatic carbocycles. The van der Waals surface area contributed by atoms with Gasteiger partial charge in [-0.3, -0.25) is 9.69 Å². The first-order valence-electron chi connectivity index (χ1n) is 7.04. The Hall–Kier alpha value is -2.13. The van der Waals surface area contributed by atoms with E-state index in [-0.39, 0.29) is 11.9 Å². The zero-order chi connectivity index (χ0) is 13.8. The number of para-hydroxylation sites is 2. The number of carbonyl (C=O) groups excluding carboxylic acids is 1. The molecular formula is C17H18N2O. The van der Waals surface area contributed by atoms with Crippen molar-refractivity contribution in [2.45, 2.75) is 18.9 Å². The lowest BCUT2D eigenvalue weighted by atomic mass is 10.1. The van der Waals surface area contributed by atoms with Crippen LogP contribution in [0.15, 0.2) is 60.7 Å². The molecule has 0 aromatic heterocycles. The van der Waals surface area contributed by atoms with E-state index in [2.05, 4.69) is 5.32 Å². The molecule has 1 atom stereocenters. The highest BCUT2D eigenvalue weighted by Crippen LogP contribution is 2.27. The molecule has 1 amide bonds. The number of anilines is 2. The highest BCUT2D eigenvalue weighted by molar-refractivity contribution is 6.03. The Morgan fingerprint density at radius 2 is 1.50 bits per heavy atom. The van der Waals surface area contributed by atoms with Crippen LogP contribution in [0.1, 0.15) is 12.8 Å². The molecule has 1 N–H and O–H groups in total. The third-order valence-corrected chi connectivity index (χ3v) is 3.61.